The number of carbonyl (C=O) groups excluding carboxylic acids is 2. The molecular weight excluding hydrogens is 239 g/mol. The van der Waals surface area contributed by atoms with E-state index in [4.69, 9.17) is 0 Å². The van der Waals surface area contributed by atoms with E-state index in [1.54, 1.807) is 0 Å². The maximum Gasteiger partial charge on any atom is 0.418 e. The number of carbonyl (C=O) groups is 1. The number of rotatable bonds is 2. The number of methoxy groups -OCH3 is 1. The van der Waals surface area contributed by atoms with Crippen molar-refractivity contribution in [2.24, 2.45) is 4.99 Å². The third-order valence-corrected chi connectivity index (χ3v) is 1.89. The Hall–Kier alpha value is -2.14. The van der Waals surface area contributed by atoms with E-state index >= 15 is 0 Å². The number of benzene rings is 1. The van der Waals surface area contributed by atoms with Crippen molar-refractivity contribution in [1.29, 1.82) is 0 Å². The minimum Gasteiger partial charge on any atom is -0.465 e. The fourth-order valence-corrected chi connectivity index (χ4v) is 1.15. The number of isocyanates is 1. The second kappa shape index (κ2) is 4.80. The van der Waals surface area contributed by atoms with Crippen molar-refractivity contribution in [1.82, 2.24) is 0 Å². The molecule has 0 aliphatic carbocycles. The monoisotopic (exact) mass is 245 g/mol. The molecular formula is C10H6F3NO3. The zero-order valence-electron chi connectivity index (χ0n) is 8.54. The van der Waals surface area contributed by atoms with Crippen LogP contribution >= 0.6 is 0 Å². The lowest BCUT2D eigenvalue weighted by molar-refractivity contribution is -0.137. The molecule has 1 aromatic rings. The lowest BCUT2D eigenvalue weighted by atomic mass is 10.1. The molecule has 0 aromatic heterocycles. The van der Waals surface area contributed by atoms with E-state index in [-0.39, 0.29) is 5.56 Å². The van der Waals surface area contributed by atoms with Crippen LogP contribution in [0.4, 0.5) is 18.9 Å². The molecule has 90 valence electrons. The van der Waals surface area contributed by atoms with Gasteiger partial charge >= 0.3 is 12.1 Å². The van der Waals surface area contributed by atoms with Crippen LogP contribution in [0.1, 0.15) is 15.9 Å². The van der Waals surface area contributed by atoms with Gasteiger partial charge in [0.25, 0.3) is 0 Å². The molecule has 0 aliphatic heterocycles. The number of esters is 1. The van der Waals surface area contributed by atoms with Crippen LogP contribution in [0, 0.1) is 0 Å². The third-order valence-electron chi connectivity index (χ3n) is 1.89. The number of hydrogen-bond acceptors (Lipinski definition) is 4. The van der Waals surface area contributed by atoms with Crippen LogP contribution in [0.2, 0.25) is 0 Å². The van der Waals surface area contributed by atoms with Crippen LogP contribution in [0.15, 0.2) is 23.2 Å². The first-order valence-electron chi connectivity index (χ1n) is 4.27. The largest absolute Gasteiger partial charge is 0.465 e. The summed E-state index contributed by atoms with van der Waals surface area (Å²) in [6.07, 6.45) is -3.70. The zero-order valence-corrected chi connectivity index (χ0v) is 8.54. The van der Waals surface area contributed by atoms with E-state index in [1.807, 2.05) is 0 Å². The van der Waals surface area contributed by atoms with Gasteiger partial charge in [-0.25, -0.2) is 9.59 Å². The van der Waals surface area contributed by atoms with Crippen molar-refractivity contribution >= 4 is 17.7 Å². The Morgan fingerprint density at radius 1 is 1.41 bits per heavy atom. The number of aliphatic imine (C=N–C) groups is 1. The van der Waals surface area contributed by atoms with Gasteiger partial charge in [-0.3, -0.25) is 0 Å². The zero-order chi connectivity index (χ0) is 13.1. The minimum atomic E-state index is -4.72. The van der Waals surface area contributed by atoms with Crippen molar-refractivity contribution < 1.29 is 27.5 Å². The van der Waals surface area contributed by atoms with Gasteiger partial charge in [0, 0.05) is 0 Å². The molecule has 0 N–H and O–H groups in total. The first-order chi connectivity index (χ1) is 7.90. The van der Waals surface area contributed by atoms with Gasteiger partial charge in [-0.05, 0) is 18.2 Å². The van der Waals surface area contributed by atoms with E-state index < -0.39 is 23.4 Å². The van der Waals surface area contributed by atoms with Crippen molar-refractivity contribution in [3.63, 3.8) is 0 Å². The molecule has 0 aliphatic rings. The summed E-state index contributed by atoms with van der Waals surface area (Å²) in [7, 11) is 1.05. The first kappa shape index (κ1) is 12.9. The topological polar surface area (TPSA) is 55.7 Å². The normalized spacial score (nSPS) is 10.6. The fraction of sp³-hybridized carbons (Fsp3) is 0.200. The molecule has 1 rings (SSSR count). The van der Waals surface area contributed by atoms with Crippen molar-refractivity contribution in [2.45, 2.75) is 6.18 Å². The summed E-state index contributed by atoms with van der Waals surface area (Å²) < 4.78 is 42.0. The summed E-state index contributed by atoms with van der Waals surface area (Å²) in [6.45, 7) is 0. The van der Waals surface area contributed by atoms with E-state index in [0.29, 0.717) is 6.07 Å². The summed E-state index contributed by atoms with van der Waals surface area (Å²) >= 11 is 0. The number of hydrogen-bond donors (Lipinski definition) is 0. The van der Waals surface area contributed by atoms with Crippen molar-refractivity contribution in [3.8, 4) is 0 Å². The summed E-state index contributed by atoms with van der Waals surface area (Å²) in [5, 5.41) is 0. The van der Waals surface area contributed by atoms with Crippen LogP contribution in [-0.2, 0) is 15.7 Å². The lowest BCUT2D eigenvalue weighted by Gasteiger charge is -2.10. The second-order valence-electron chi connectivity index (χ2n) is 2.92. The Bertz CT molecular complexity index is 490. The third kappa shape index (κ3) is 2.92. The van der Waals surface area contributed by atoms with Crippen molar-refractivity contribution in [3.05, 3.63) is 29.3 Å². The maximum atomic E-state index is 12.6. The number of alkyl halides is 3. The Kier molecular flexibility index (Phi) is 3.65. The van der Waals surface area contributed by atoms with Crippen LogP contribution in [-0.4, -0.2) is 19.2 Å². The first-order valence-corrected chi connectivity index (χ1v) is 4.27. The highest BCUT2D eigenvalue weighted by Crippen LogP contribution is 2.36. The van der Waals surface area contributed by atoms with Crippen LogP contribution in [0.3, 0.4) is 0 Å². The highest BCUT2D eigenvalue weighted by molar-refractivity contribution is 5.90. The van der Waals surface area contributed by atoms with Crippen LogP contribution in [0.5, 0.6) is 0 Å². The molecule has 0 spiro atoms. The predicted molar refractivity (Wildman–Crippen MR) is 50.6 cm³/mol. The van der Waals surface area contributed by atoms with Crippen molar-refractivity contribution in [2.75, 3.05) is 7.11 Å². The van der Waals surface area contributed by atoms with Gasteiger partial charge in [-0.1, -0.05) is 0 Å². The van der Waals surface area contributed by atoms with Gasteiger partial charge in [0.05, 0.1) is 23.9 Å². The van der Waals surface area contributed by atoms with E-state index in [1.165, 1.54) is 0 Å². The van der Waals surface area contributed by atoms with Crippen LogP contribution < -0.4 is 0 Å². The fourth-order valence-electron chi connectivity index (χ4n) is 1.15. The van der Waals surface area contributed by atoms with Gasteiger partial charge in [0.15, 0.2) is 0 Å². The molecule has 1 aromatic carbocycles. The van der Waals surface area contributed by atoms with E-state index in [9.17, 15) is 22.8 Å². The maximum absolute atomic E-state index is 12.6. The molecule has 4 nitrogen and oxygen atoms in total. The number of ether oxygens (including phenoxy) is 1. The molecule has 0 radical (unpaired) electrons. The summed E-state index contributed by atoms with van der Waals surface area (Å²) in [4.78, 5) is 24.0. The highest BCUT2D eigenvalue weighted by Gasteiger charge is 2.34. The molecule has 0 amide bonds. The molecule has 0 unspecified atom stereocenters. The van der Waals surface area contributed by atoms with Gasteiger partial charge in [-0.2, -0.15) is 18.2 Å². The average Bonchev–Trinajstić information content (AvgIpc) is 2.27. The number of nitrogens with zero attached hydrogens (tertiary/aromatic N) is 1. The minimum absolute atomic E-state index is 0.273. The summed E-state index contributed by atoms with van der Waals surface area (Å²) in [5.74, 6) is -0.905. The second-order valence-corrected chi connectivity index (χ2v) is 2.92. The SMILES string of the molecule is COC(=O)c1ccc(N=C=O)c(C(F)(F)F)c1. The molecule has 0 atom stereocenters. The predicted octanol–water partition coefficient (Wildman–Crippen LogP) is 2.46. The molecule has 7 heteroatoms. The number of halogens is 3. The Balaban J connectivity index is 3.39. The molecule has 0 saturated heterocycles. The quantitative estimate of drug-likeness (QED) is 0.457. The summed E-state index contributed by atoms with van der Waals surface area (Å²) in [6, 6.07) is 2.55. The lowest BCUT2D eigenvalue weighted by Crippen LogP contribution is -2.08. The van der Waals surface area contributed by atoms with Gasteiger partial charge in [-0.15, -0.1) is 0 Å². The molecule has 17 heavy (non-hydrogen) atoms. The highest BCUT2D eigenvalue weighted by atomic mass is 19.4. The average molecular weight is 245 g/mol. The summed E-state index contributed by atoms with van der Waals surface area (Å²) in [5.41, 5.74) is -2.06. The Morgan fingerprint density at radius 2 is 2.06 bits per heavy atom. The molecule has 0 saturated carbocycles. The van der Waals surface area contributed by atoms with E-state index in [2.05, 4.69) is 9.73 Å². The molecule has 0 bridgehead atoms. The van der Waals surface area contributed by atoms with Gasteiger partial charge in [0.1, 0.15) is 0 Å². The smallest absolute Gasteiger partial charge is 0.418 e. The Morgan fingerprint density at radius 3 is 2.53 bits per heavy atom. The van der Waals surface area contributed by atoms with E-state index in [0.717, 1.165) is 25.3 Å². The Labute approximate surface area is 93.7 Å². The van der Waals surface area contributed by atoms with Gasteiger partial charge in [0.2, 0.25) is 6.08 Å². The van der Waals surface area contributed by atoms with Gasteiger partial charge < -0.3 is 4.74 Å². The van der Waals surface area contributed by atoms with Crippen LogP contribution in [0.25, 0.3) is 0 Å². The molecule has 0 fully saturated rings. The standard InChI is InChI=1S/C10H6F3NO3/c1-17-9(16)6-2-3-8(14-5-15)7(4-6)10(11,12)13/h2-4H,1H3. The molecule has 0 heterocycles.